The zero-order chi connectivity index (χ0) is 16.8. The van der Waals surface area contributed by atoms with Gasteiger partial charge in [0, 0.05) is 17.6 Å². The van der Waals surface area contributed by atoms with Gasteiger partial charge in [0.1, 0.15) is 0 Å². The zero-order valence-corrected chi connectivity index (χ0v) is 13.8. The van der Waals surface area contributed by atoms with E-state index in [1.54, 1.807) is 11.3 Å². The Morgan fingerprint density at radius 3 is 2.79 bits per heavy atom. The minimum Gasteiger partial charge on any atom is -0.453 e. The maximum Gasteiger partial charge on any atom is 0.407 e. The highest BCUT2D eigenvalue weighted by Gasteiger charge is 2.08. The second-order valence-electron chi connectivity index (χ2n) is 4.92. The molecule has 0 bridgehead atoms. The predicted octanol–water partition coefficient (Wildman–Crippen LogP) is 3.27. The van der Waals surface area contributed by atoms with Crippen molar-refractivity contribution < 1.29 is 14.1 Å². The van der Waals surface area contributed by atoms with Crippen molar-refractivity contribution in [2.45, 2.75) is 13.1 Å². The van der Waals surface area contributed by atoms with E-state index in [9.17, 15) is 4.79 Å². The molecule has 3 rings (SSSR count). The molecular formula is C16H16N4O3S. The standard InChI is InChI=1S/C16H16N4O3S/c1-22-16(21)18-8-11-2-4-13(5-3-11)17-9-14-19-15(23-20-14)12-6-7-24-10-12/h2-7,10,17H,8-9H2,1H3,(H,18,21). The Labute approximate surface area is 142 Å². The minimum atomic E-state index is -0.448. The van der Waals surface area contributed by atoms with Gasteiger partial charge in [-0.1, -0.05) is 17.3 Å². The molecular weight excluding hydrogens is 328 g/mol. The molecule has 0 saturated carbocycles. The van der Waals surface area contributed by atoms with Crippen molar-refractivity contribution in [1.29, 1.82) is 0 Å². The third kappa shape index (κ3) is 4.11. The summed E-state index contributed by atoms with van der Waals surface area (Å²) in [7, 11) is 1.34. The highest BCUT2D eigenvalue weighted by atomic mass is 32.1. The van der Waals surface area contributed by atoms with Gasteiger partial charge in [0.2, 0.25) is 0 Å². The molecule has 7 nitrogen and oxygen atoms in total. The molecule has 24 heavy (non-hydrogen) atoms. The molecule has 0 spiro atoms. The van der Waals surface area contributed by atoms with Gasteiger partial charge >= 0.3 is 6.09 Å². The summed E-state index contributed by atoms with van der Waals surface area (Å²) >= 11 is 1.58. The molecule has 0 aliphatic heterocycles. The maximum absolute atomic E-state index is 11.0. The highest BCUT2D eigenvalue weighted by Crippen LogP contribution is 2.20. The molecule has 0 unspecified atom stereocenters. The van der Waals surface area contributed by atoms with Gasteiger partial charge in [-0.25, -0.2) is 4.79 Å². The summed E-state index contributed by atoms with van der Waals surface area (Å²) in [5, 5.41) is 13.7. The molecule has 0 saturated heterocycles. The summed E-state index contributed by atoms with van der Waals surface area (Å²) in [5.41, 5.74) is 2.84. The Balaban J connectivity index is 1.52. The number of benzene rings is 1. The Morgan fingerprint density at radius 1 is 1.25 bits per heavy atom. The quantitative estimate of drug-likeness (QED) is 0.713. The molecule has 0 aliphatic rings. The summed E-state index contributed by atoms with van der Waals surface area (Å²) in [5.74, 6) is 1.12. The van der Waals surface area contributed by atoms with Crippen LogP contribution in [0.5, 0.6) is 0 Å². The fourth-order valence-corrected chi connectivity index (χ4v) is 2.63. The van der Waals surface area contributed by atoms with Gasteiger partial charge in [-0.2, -0.15) is 16.3 Å². The number of rotatable bonds is 6. The van der Waals surface area contributed by atoms with Crippen LogP contribution in [0.25, 0.3) is 11.5 Å². The number of carbonyl (C=O) groups excluding carboxylic acids is 1. The van der Waals surface area contributed by atoms with Crippen molar-refractivity contribution in [3.63, 3.8) is 0 Å². The number of carbonyl (C=O) groups is 1. The summed E-state index contributed by atoms with van der Waals surface area (Å²) in [6.45, 7) is 0.884. The summed E-state index contributed by atoms with van der Waals surface area (Å²) in [6, 6.07) is 9.63. The lowest BCUT2D eigenvalue weighted by molar-refractivity contribution is 0.170. The second-order valence-corrected chi connectivity index (χ2v) is 5.70. The van der Waals surface area contributed by atoms with Gasteiger partial charge in [-0.3, -0.25) is 0 Å². The molecule has 2 aromatic heterocycles. The number of anilines is 1. The number of aromatic nitrogens is 2. The van der Waals surface area contributed by atoms with Crippen LogP contribution in [0.2, 0.25) is 0 Å². The second kappa shape index (κ2) is 7.60. The minimum absolute atomic E-state index is 0.418. The number of nitrogens with zero attached hydrogens (tertiary/aromatic N) is 2. The van der Waals surface area contributed by atoms with E-state index in [-0.39, 0.29) is 0 Å². The van der Waals surface area contributed by atoms with E-state index < -0.39 is 6.09 Å². The number of nitrogens with one attached hydrogen (secondary N) is 2. The van der Waals surface area contributed by atoms with Gasteiger partial charge in [0.05, 0.1) is 19.2 Å². The van der Waals surface area contributed by atoms with Crippen molar-refractivity contribution in [2.75, 3.05) is 12.4 Å². The molecule has 0 radical (unpaired) electrons. The molecule has 3 aromatic rings. The fourth-order valence-electron chi connectivity index (χ4n) is 2.00. The monoisotopic (exact) mass is 344 g/mol. The fraction of sp³-hybridized carbons (Fsp3) is 0.188. The number of hydrogen-bond donors (Lipinski definition) is 2. The van der Waals surface area contributed by atoms with Crippen LogP contribution >= 0.6 is 11.3 Å². The molecule has 1 aromatic carbocycles. The van der Waals surface area contributed by atoms with Crippen LogP contribution in [0.4, 0.5) is 10.5 Å². The average molecular weight is 344 g/mol. The Kier molecular flexibility index (Phi) is 5.07. The first-order chi connectivity index (χ1) is 11.7. The third-order valence-electron chi connectivity index (χ3n) is 3.26. The molecule has 0 atom stereocenters. The number of amides is 1. The van der Waals surface area contributed by atoms with Crippen LogP contribution in [-0.4, -0.2) is 23.3 Å². The van der Waals surface area contributed by atoms with E-state index in [1.807, 2.05) is 41.1 Å². The van der Waals surface area contributed by atoms with Crippen molar-refractivity contribution >= 4 is 23.1 Å². The van der Waals surface area contributed by atoms with Crippen LogP contribution in [0, 0.1) is 0 Å². The van der Waals surface area contributed by atoms with E-state index in [0.717, 1.165) is 16.8 Å². The lowest BCUT2D eigenvalue weighted by Gasteiger charge is -2.06. The third-order valence-corrected chi connectivity index (χ3v) is 3.95. The topological polar surface area (TPSA) is 89.3 Å². The molecule has 1 amide bonds. The van der Waals surface area contributed by atoms with Gasteiger partial charge in [0.15, 0.2) is 5.82 Å². The van der Waals surface area contributed by atoms with E-state index in [0.29, 0.717) is 24.8 Å². The van der Waals surface area contributed by atoms with Crippen molar-refractivity contribution in [1.82, 2.24) is 15.5 Å². The number of alkyl carbamates (subject to hydrolysis) is 1. The summed E-state index contributed by atoms with van der Waals surface area (Å²) in [6.07, 6.45) is -0.448. The summed E-state index contributed by atoms with van der Waals surface area (Å²) < 4.78 is 9.76. The average Bonchev–Trinajstić information content (AvgIpc) is 3.29. The first-order valence-corrected chi connectivity index (χ1v) is 8.18. The van der Waals surface area contributed by atoms with Crippen LogP contribution in [-0.2, 0) is 17.8 Å². The van der Waals surface area contributed by atoms with Crippen LogP contribution < -0.4 is 10.6 Å². The van der Waals surface area contributed by atoms with E-state index >= 15 is 0 Å². The molecule has 0 aliphatic carbocycles. The zero-order valence-electron chi connectivity index (χ0n) is 13.0. The molecule has 2 N–H and O–H groups in total. The number of ether oxygens (including phenoxy) is 1. The van der Waals surface area contributed by atoms with Crippen LogP contribution in [0.15, 0.2) is 45.6 Å². The Bertz CT molecular complexity index is 784. The summed E-state index contributed by atoms with van der Waals surface area (Å²) in [4.78, 5) is 15.4. The van der Waals surface area contributed by atoms with E-state index in [2.05, 4.69) is 25.5 Å². The van der Waals surface area contributed by atoms with Crippen LogP contribution in [0.1, 0.15) is 11.4 Å². The lowest BCUT2D eigenvalue weighted by atomic mass is 10.2. The maximum atomic E-state index is 11.0. The van der Waals surface area contributed by atoms with Crippen molar-refractivity contribution in [2.24, 2.45) is 0 Å². The van der Waals surface area contributed by atoms with Gasteiger partial charge in [0.25, 0.3) is 5.89 Å². The van der Waals surface area contributed by atoms with E-state index in [4.69, 9.17) is 4.52 Å². The highest BCUT2D eigenvalue weighted by molar-refractivity contribution is 7.08. The number of methoxy groups -OCH3 is 1. The SMILES string of the molecule is COC(=O)NCc1ccc(NCc2noc(-c3ccsc3)n2)cc1. The number of thiophene rings is 1. The van der Waals surface area contributed by atoms with E-state index in [1.165, 1.54) is 7.11 Å². The largest absolute Gasteiger partial charge is 0.453 e. The van der Waals surface area contributed by atoms with Crippen LogP contribution in [0.3, 0.4) is 0 Å². The Morgan fingerprint density at radius 2 is 2.08 bits per heavy atom. The van der Waals surface area contributed by atoms with Gasteiger partial charge < -0.3 is 19.9 Å². The lowest BCUT2D eigenvalue weighted by Crippen LogP contribution is -2.22. The molecule has 8 heteroatoms. The predicted molar refractivity (Wildman–Crippen MR) is 90.6 cm³/mol. The Hall–Kier alpha value is -2.87. The van der Waals surface area contributed by atoms with Gasteiger partial charge in [-0.05, 0) is 29.1 Å². The van der Waals surface area contributed by atoms with Crippen molar-refractivity contribution in [3.05, 3.63) is 52.5 Å². The normalized spacial score (nSPS) is 10.4. The first-order valence-electron chi connectivity index (χ1n) is 7.24. The molecule has 2 heterocycles. The van der Waals surface area contributed by atoms with Crippen molar-refractivity contribution in [3.8, 4) is 11.5 Å². The van der Waals surface area contributed by atoms with Gasteiger partial charge in [-0.15, -0.1) is 0 Å². The first kappa shape index (κ1) is 16.0. The number of hydrogen-bond acceptors (Lipinski definition) is 7. The molecule has 0 fully saturated rings. The molecule has 124 valence electrons. The smallest absolute Gasteiger partial charge is 0.407 e.